The highest BCUT2D eigenvalue weighted by molar-refractivity contribution is 5.48. The Balaban J connectivity index is 1.98. The fourth-order valence-electron chi connectivity index (χ4n) is 2.55. The van der Waals surface area contributed by atoms with Crippen molar-refractivity contribution in [3.8, 4) is 0 Å². The Kier molecular flexibility index (Phi) is 5.59. The van der Waals surface area contributed by atoms with Gasteiger partial charge in [-0.05, 0) is 39.0 Å². The molecule has 1 aromatic heterocycles. The molecule has 0 bridgehead atoms. The van der Waals surface area contributed by atoms with E-state index < -0.39 is 0 Å². The maximum absolute atomic E-state index is 5.42. The SMILES string of the molecule is CCCNc1cc(NC(C)C2CCOCC2)nc(C)n1. The molecule has 2 rings (SSSR count). The first-order chi connectivity index (χ1) is 9.69. The summed E-state index contributed by atoms with van der Waals surface area (Å²) in [5, 5.41) is 6.84. The van der Waals surface area contributed by atoms with Gasteiger partial charge in [0.15, 0.2) is 0 Å². The number of anilines is 2. The third-order valence-corrected chi connectivity index (χ3v) is 3.74. The summed E-state index contributed by atoms with van der Waals surface area (Å²) < 4.78 is 5.42. The van der Waals surface area contributed by atoms with E-state index in [2.05, 4.69) is 34.4 Å². The highest BCUT2D eigenvalue weighted by atomic mass is 16.5. The van der Waals surface area contributed by atoms with Crippen LogP contribution in [0.25, 0.3) is 0 Å². The van der Waals surface area contributed by atoms with E-state index in [-0.39, 0.29) is 0 Å². The second kappa shape index (κ2) is 7.43. The van der Waals surface area contributed by atoms with Crippen LogP contribution >= 0.6 is 0 Å². The highest BCUT2D eigenvalue weighted by Crippen LogP contribution is 2.22. The van der Waals surface area contributed by atoms with Gasteiger partial charge in [0.1, 0.15) is 17.5 Å². The standard InChI is InChI=1S/C15H26N4O/c1-4-7-16-14-10-15(19-12(3)18-14)17-11(2)13-5-8-20-9-6-13/h10-11,13H,4-9H2,1-3H3,(H2,16,17,18,19). The third-order valence-electron chi connectivity index (χ3n) is 3.74. The topological polar surface area (TPSA) is 59.1 Å². The number of aromatic nitrogens is 2. The zero-order valence-corrected chi connectivity index (χ0v) is 12.8. The van der Waals surface area contributed by atoms with E-state index in [9.17, 15) is 0 Å². The van der Waals surface area contributed by atoms with Crippen molar-refractivity contribution in [1.82, 2.24) is 9.97 Å². The maximum atomic E-state index is 5.42. The second-order valence-electron chi connectivity index (χ2n) is 5.50. The van der Waals surface area contributed by atoms with Crippen LogP contribution in [-0.2, 0) is 4.74 Å². The molecular formula is C15H26N4O. The Morgan fingerprint density at radius 3 is 2.70 bits per heavy atom. The lowest BCUT2D eigenvalue weighted by atomic mass is 9.93. The van der Waals surface area contributed by atoms with Gasteiger partial charge in [0.05, 0.1) is 0 Å². The summed E-state index contributed by atoms with van der Waals surface area (Å²) in [6.07, 6.45) is 3.34. The molecule has 1 fully saturated rings. The van der Waals surface area contributed by atoms with Crippen LogP contribution in [0, 0.1) is 12.8 Å². The van der Waals surface area contributed by atoms with Crippen molar-refractivity contribution in [3.63, 3.8) is 0 Å². The average molecular weight is 278 g/mol. The van der Waals surface area contributed by atoms with Crippen LogP contribution < -0.4 is 10.6 Å². The Morgan fingerprint density at radius 2 is 2.00 bits per heavy atom. The van der Waals surface area contributed by atoms with Gasteiger partial charge in [0.25, 0.3) is 0 Å². The molecule has 0 aromatic carbocycles. The van der Waals surface area contributed by atoms with E-state index in [1.165, 1.54) is 0 Å². The lowest BCUT2D eigenvalue weighted by molar-refractivity contribution is 0.0622. The molecule has 1 unspecified atom stereocenters. The minimum absolute atomic E-state index is 0.409. The molecule has 2 N–H and O–H groups in total. The summed E-state index contributed by atoms with van der Waals surface area (Å²) in [4.78, 5) is 8.89. The predicted octanol–water partition coefficient (Wildman–Crippen LogP) is 2.83. The molecule has 20 heavy (non-hydrogen) atoms. The number of aryl methyl sites for hydroxylation is 1. The molecule has 112 valence electrons. The molecule has 2 heterocycles. The zero-order valence-electron chi connectivity index (χ0n) is 12.8. The fraction of sp³-hybridized carbons (Fsp3) is 0.733. The van der Waals surface area contributed by atoms with Crippen molar-refractivity contribution in [2.24, 2.45) is 5.92 Å². The van der Waals surface area contributed by atoms with Gasteiger partial charge < -0.3 is 15.4 Å². The van der Waals surface area contributed by atoms with Crippen LogP contribution in [0.4, 0.5) is 11.6 Å². The van der Waals surface area contributed by atoms with E-state index in [4.69, 9.17) is 4.74 Å². The average Bonchev–Trinajstić information content (AvgIpc) is 2.45. The van der Waals surface area contributed by atoms with E-state index >= 15 is 0 Å². The van der Waals surface area contributed by atoms with Crippen molar-refractivity contribution in [1.29, 1.82) is 0 Å². The molecule has 1 saturated heterocycles. The van der Waals surface area contributed by atoms with Gasteiger partial charge in [0, 0.05) is 31.9 Å². The fourth-order valence-corrected chi connectivity index (χ4v) is 2.55. The summed E-state index contributed by atoms with van der Waals surface area (Å²) in [5.41, 5.74) is 0. The van der Waals surface area contributed by atoms with Crippen LogP contribution in [0.1, 0.15) is 38.9 Å². The predicted molar refractivity (Wildman–Crippen MR) is 82.2 cm³/mol. The molecule has 5 nitrogen and oxygen atoms in total. The van der Waals surface area contributed by atoms with Gasteiger partial charge in [-0.2, -0.15) is 0 Å². The van der Waals surface area contributed by atoms with Crippen molar-refractivity contribution >= 4 is 11.6 Å². The third kappa shape index (κ3) is 4.34. The minimum Gasteiger partial charge on any atom is -0.381 e. The molecular weight excluding hydrogens is 252 g/mol. The number of rotatable bonds is 6. The number of ether oxygens (including phenoxy) is 1. The van der Waals surface area contributed by atoms with Crippen molar-refractivity contribution in [2.75, 3.05) is 30.4 Å². The summed E-state index contributed by atoms with van der Waals surface area (Å²) >= 11 is 0. The molecule has 0 spiro atoms. The summed E-state index contributed by atoms with van der Waals surface area (Å²) in [6, 6.07) is 2.41. The van der Waals surface area contributed by atoms with Gasteiger partial charge in [-0.1, -0.05) is 6.92 Å². The molecule has 1 aromatic rings. The highest BCUT2D eigenvalue weighted by Gasteiger charge is 2.20. The smallest absolute Gasteiger partial charge is 0.132 e. The molecule has 1 atom stereocenters. The Bertz CT molecular complexity index is 418. The lowest BCUT2D eigenvalue weighted by Gasteiger charge is -2.28. The van der Waals surface area contributed by atoms with E-state index in [1.807, 2.05) is 13.0 Å². The van der Waals surface area contributed by atoms with Gasteiger partial charge in [-0.3, -0.25) is 0 Å². The quantitative estimate of drug-likeness (QED) is 0.838. The van der Waals surface area contributed by atoms with Crippen molar-refractivity contribution in [3.05, 3.63) is 11.9 Å². The number of nitrogens with one attached hydrogen (secondary N) is 2. The second-order valence-corrected chi connectivity index (χ2v) is 5.50. The molecule has 1 aliphatic heterocycles. The van der Waals surface area contributed by atoms with Crippen molar-refractivity contribution < 1.29 is 4.74 Å². The molecule has 0 saturated carbocycles. The first kappa shape index (κ1) is 15.0. The van der Waals surface area contributed by atoms with Gasteiger partial charge in [0.2, 0.25) is 0 Å². The number of hydrogen-bond donors (Lipinski definition) is 2. The molecule has 0 radical (unpaired) electrons. The van der Waals surface area contributed by atoms with E-state index in [1.54, 1.807) is 0 Å². The van der Waals surface area contributed by atoms with Crippen LogP contribution in [0.2, 0.25) is 0 Å². The lowest BCUT2D eigenvalue weighted by Crippen LogP contribution is -2.31. The van der Waals surface area contributed by atoms with Crippen LogP contribution in [-0.4, -0.2) is 35.8 Å². The first-order valence-electron chi connectivity index (χ1n) is 7.63. The summed E-state index contributed by atoms with van der Waals surface area (Å²) in [6.45, 7) is 9.00. The monoisotopic (exact) mass is 278 g/mol. The van der Waals surface area contributed by atoms with Crippen LogP contribution in [0.15, 0.2) is 6.07 Å². The molecule has 0 amide bonds. The van der Waals surface area contributed by atoms with E-state index in [0.29, 0.717) is 12.0 Å². The van der Waals surface area contributed by atoms with E-state index in [0.717, 1.165) is 56.5 Å². The van der Waals surface area contributed by atoms with Crippen LogP contribution in [0.5, 0.6) is 0 Å². The summed E-state index contributed by atoms with van der Waals surface area (Å²) in [7, 11) is 0. The van der Waals surface area contributed by atoms with Crippen molar-refractivity contribution in [2.45, 2.75) is 46.1 Å². The number of hydrogen-bond acceptors (Lipinski definition) is 5. The van der Waals surface area contributed by atoms with Gasteiger partial charge in [-0.25, -0.2) is 9.97 Å². The Labute approximate surface area is 121 Å². The maximum Gasteiger partial charge on any atom is 0.132 e. The summed E-state index contributed by atoms with van der Waals surface area (Å²) in [5.74, 6) is 3.27. The Morgan fingerprint density at radius 1 is 1.30 bits per heavy atom. The molecule has 0 aliphatic carbocycles. The van der Waals surface area contributed by atoms with Gasteiger partial charge >= 0.3 is 0 Å². The van der Waals surface area contributed by atoms with Gasteiger partial charge in [-0.15, -0.1) is 0 Å². The normalized spacial score (nSPS) is 17.8. The molecule has 1 aliphatic rings. The Hall–Kier alpha value is -1.36. The number of nitrogens with zero attached hydrogens (tertiary/aromatic N) is 2. The molecule has 5 heteroatoms. The zero-order chi connectivity index (χ0) is 14.4. The first-order valence-corrected chi connectivity index (χ1v) is 7.63. The minimum atomic E-state index is 0.409. The van der Waals surface area contributed by atoms with Crippen LogP contribution in [0.3, 0.4) is 0 Å². The largest absolute Gasteiger partial charge is 0.381 e.